The van der Waals surface area contributed by atoms with E-state index in [1.807, 2.05) is 48.5 Å². The van der Waals surface area contributed by atoms with Crippen molar-refractivity contribution in [2.45, 2.75) is 52.6 Å². The van der Waals surface area contributed by atoms with Gasteiger partial charge < -0.3 is 26.0 Å². The quantitative estimate of drug-likeness (QED) is 0.468. The van der Waals surface area contributed by atoms with Crippen LogP contribution in [0.15, 0.2) is 48.5 Å². The van der Waals surface area contributed by atoms with E-state index >= 15 is 0 Å². The van der Waals surface area contributed by atoms with Gasteiger partial charge in [-0.15, -0.1) is 0 Å². The van der Waals surface area contributed by atoms with Gasteiger partial charge in [-0.2, -0.15) is 0 Å². The Balaban J connectivity index is 1.90. The zero-order valence-corrected chi connectivity index (χ0v) is 19.5. The van der Waals surface area contributed by atoms with E-state index in [1.165, 1.54) is 0 Å². The van der Waals surface area contributed by atoms with Crippen LogP contribution in [0, 0.1) is 0 Å². The topological polar surface area (TPSA) is 57.4 Å². The Labute approximate surface area is 184 Å². The van der Waals surface area contributed by atoms with Crippen molar-refractivity contribution in [2.24, 2.45) is 0 Å². The summed E-state index contributed by atoms with van der Waals surface area (Å²) in [5.74, 6) is 1.49. The van der Waals surface area contributed by atoms with Crippen LogP contribution in [0.2, 0.25) is 0 Å². The third-order valence-electron chi connectivity index (χ3n) is 3.44. The Morgan fingerprint density at radius 3 is 1.21 bits per heavy atom. The van der Waals surface area contributed by atoms with Gasteiger partial charge in [0.1, 0.15) is 11.5 Å². The maximum absolute atomic E-state index is 5.91. The molecule has 0 aliphatic rings. The number of hydrogen-bond donors (Lipinski definition) is 4. The molecule has 0 aromatic heterocycles. The number of hydrogen-bond acceptors (Lipinski definition) is 3. The summed E-state index contributed by atoms with van der Waals surface area (Å²) >= 11 is 10.6. The second kappa shape index (κ2) is 9.41. The first-order valence-corrected chi connectivity index (χ1v) is 10.3. The first-order chi connectivity index (χ1) is 13.4. The van der Waals surface area contributed by atoms with Gasteiger partial charge in [0.15, 0.2) is 10.2 Å². The standard InChI is InChI=1S/C22H30N4OS2/c1-21(2,3)25-19(28)23-15-7-11-17(12-8-15)27-18-13-9-16(10-14-18)24-20(29)26-22(4,5)6/h7-14H,1-6H3,(H2,23,25,28)(H2,24,26,29). The molecule has 2 aromatic carbocycles. The highest BCUT2D eigenvalue weighted by Crippen LogP contribution is 2.24. The maximum Gasteiger partial charge on any atom is 0.171 e. The van der Waals surface area contributed by atoms with Crippen LogP contribution in [0.5, 0.6) is 11.5 Å². The van der Waals surface area contributed by atoms with E-state index in [9.17, 15) is 0 Å². The summed E-state index contributed by atoms with van der Waals surface area (Å²) in [5.41, 5.74) is 1.64. The van der Waals surface area contributed by atoms with Crippen LogP contribution in [0.4, 0.5) is 11.4 Å². The van der Waals surface area contributed by atoms with Crippen molar-refractivity contribution in [2.75, 3.05) is 10.6 Å². The SMILES string of the molecule is CC(C)(C)NC(=S)Nc1ccc(Oc2ccc(NC(=S)NC(C)(C)C)cc2)cc1. The predicted molar refractivity (Wildman–Crippen MR) is 131 cm³/mol. The second-order valence-corrected chi connectivity index (χ2v) is 9.63. The Morgan fingerprint density at radius 2 is 0.931 bits per heavy atom. The van der Waals surface area contributed by atoms with E-state index < -0.39 is 0 Å². The first-order valence-electron chi connectivity index (χ1n) is 9.46. The molecule has 0 saturated heterocycles. The monoisotopic (exact) mass is 430 g/mol. The summed E-state index contributed by atoms with van der Waals surface area (Å²) in [4.78, 5) is 0. The van der Waals surface area contributed by atoms with Crippen LogP contribution in [0.1, 0.15) is 41.5 Å². The fraction of sp³-hybridized carbons (Fsp3) is 0.364. The molecule has 2 rings (SSSR count). The van der Waals surface area contributed by atoms with Crippen molar-refractivity contribution < 1.29 is 4.74 Å². The lowest BCUT2D eigenvalue weighted by molar-refractivity contribution is 0.483. The maximum atomic E-state index is 5.91. The smallest absolute Gasteiger partial charge is 0.171 e. The largest absolute Gasteiger partial charge is 0.457 e. The van der Waals surface area contributed by atoms with E-state index in [4.69, 9.17) is 29.2 Å². The number of anilines is 2. The molecule has 7 heteroatoms. The lowest BCUT2D eigenvalue weighted by Gasteiger charge is -2.23. The van der Waals surface area contributed by atoms with Gasteiger partial charge in [0.05, 0.1) is 0 Å². The lowest BCUT2D eigenvalue weighted by Crippen LogP contribution is -2.42. The molecule has 0 unspecified atom stereocenters. The van der Waals surface area contributed by atoms with Crippen LogP contribution in [-0.4, -0.2) is 21.3 Å². The molecule has 0 saturated carbocycles. The van der Waals surface area contributed by atoms with Gasteiger partial charge in [-0.25, -0.2) is 0 Å². The van der Waals surface area contributed by atoms with Gasteiger partial charge in [-0.05, 0) is 115 Å². The average Bonchev–Trinajstić information content (AvgIpc) is 2.55. The van der Waals surface area contributed by atoms with E-state index in [-0.39, 0.29) is 11.1 Å². The average molecular weight is 431 g/mol. The number of nitrogens with one attached hydrogen (secondary N) is 4. The van der Waals surface area contributed by atoms with E-state index in [0.717, 1.165) is 22.9 Å². The normalized spacial score (nSPS) is 11.4. The molecule has 29 heavy (non-hydrogen) atoms. The van der Waals surface area contributed by atoms with Crippen LogP contribution in [-0.2, 0) is 0 Å². The van der Waals surface area contributed by atoms with Crippen LogP contribution < -0.4 is 26.0 Å². The number of benzene rings is 2. The van der Waals surface area contributed by atoms with Crippen LogP contribution in [0.3, 0.4) is 0 Å². The third kappa shape index (κ3) is 9.11. The fourth-order valence-electron chi connectivity index (χ4n) is 2.35. The third-order valence-corrected chi connectivity index (χ3v) is 3.85. The first kappa shape index (κ1) is 22.9. The summed E-state index contributed by atoms with van der Waals surface area (Å²) in [6.45, 7) is 12.4. The van der Waals surface area contributed by atoms with Crippen molar-refractivity contribution in [3.8, 4) is 11.5 Å². The molecule has 4 N–H and O–H groups in total. The van der Waals surface area contributed by atoms with Crippen molar-refractivity contribution in [1.82, 2.24) is 10.6 Å². The Morgan fingerprint density at radius 1 is 0.621 bits per heavy atom. The summed E-state index contributed by atoms with van der Waals surface area (Å²) < 4.78 is 5.91. The molecule has 2 aromatic rings. The molecular weight excluding hydrogens is 400 g/mol. The van der Waals surface area contributed by atoms with Gasteiger partial charge in [-0.1, -0.05) is 0 Å². The van der Waals surface area contributed by atoms with E-state index in [1.54, 1.807) is 0 Å². The molecule has 0 radical (unpaired) electrons. The highest BCUT2D eigenvalue weighted by Gasteiger charge is 2.12. The molecule has 0 aliphatic carbocycles. The van der Waals surface area contributed by atoms with Crippen LogP contribution >= 0.6 is 24.4 Å². The summed E-state index contributed by atoms with van der Waals surface area (Å²) in [7, 11) is 0. The zero-order chi connectivity index (χ0) is 21.7. The molecule has 0 fully saturated rings. The Bertz CT molecular complexity index is 764. The van der Waals surface area contributed by atoms with Gasteiger partial charge in [0, 0.05) is 22.5 Å². The van der Waals surface area contributed by atoms with Crippen LogP contribution in [0.25, 0.3) is 0 Å². The Hall–Kier alpha value is -2.38. The number of rotatable bonds is 4. The molecule has 0 amide bonds. The predicted octanol–water partition coefficient (Wildman–Crippen LogP) is 5.65. The molecule has 5 nitrogen and oxygen atoms in total. The minimum Gasteiger partial charge on any atom is -0.457 e. The molecular formula is C22H30N4OS2. The van der Waals surface area contributed by atoms with Gasteiger partial charge in [-0.3, -0.25) is 0 Å². The highest BCUT2D eigenvalue weighted by molar-refractivity contribution is 7.80. The van der Waals surface area contributed by atoms with Gasteiger partial charge >= 0.3 is 0 Å². The molecule has 0 atom stereocenters. The van der Waals surface area contributed by atoms with Crippen molar-refractivity contribution in [3.63, 3.8) is 0 Å². The van der Waals surface area contributed by atoms with Crippen molar-refractivity contribution >= 4 is 46.0 Å². The van der Waals surface area contributed by atoms with E-state index in [2.05, 4.69) is 62.8 Å². The molecule has 0 aliphatic heterocycles. The second-order valence-electron chi connectivity index (χ2n) is 8.81. The molecule has 156 valence electrons. The minimum atomic E-state index is -0.0826. The van der Waals surface area contributed by atoms with Gasteiger partial charge in [0.25, 0.3) is 0 Å². The summed E-state index contributed by atoms with van der Waals surface area (Å²) in [6, 6.07) is 15.3. The van der Waals surface area contributed by atoms with Gasteiger partial charge in [0.2, 0.25) is 0 Å². The van der Waals surface area contributed by atoms with E-state index in [0.29, 0.717) is 10.2 Å². The molecule has 0 spiro atoms. The van der Waals surface area contributed by atoms with Crippen molar-refractivity contribution in [3.05, 3.63) is 48.5 Å². The summed E-state index contributed by atoms with van der Waals surface area (Å²) in [5, 5.41) is 14.0. The zero-order valence-electron chi connectivity index (χ0n) is 17.8. The summed E-state index contributed by atoms with van der Waals surface area (Å²) in [6.07, 6.45) is 0. The number of ether oxygens (including phenoxy) is 1. The Kier molecular flexibility index (Phi) is 7.43. The molecule has 0 heterocycles. The minimum absolute atomic E-state index is 0.0826. The highest BCUT2D eigenvalue weighted by atomic mass is 32.1. The van der Waals surface area contributed by atoms with Crippen molar-refractivity contribution in [1.29, 1.82) is 0 Å². The number of thiocarbonyl (C=S) groups is 2. The fourth-order valence-corrected chi connectivity index (χ4v) is 3.20. The lowest BCUT2D eigenvalue weighted by atomic mass is 10.1. The molecule has 0 bridgehead atoms.